The van der Waals surface area contributed by atoms with Crippen LogP contribution in [0.15, 0.2) is 54.1 Å². The van der Waals surface area contributed by atoms with Crippen molar-refractivity contribution in [1.82, 2.24) is 0 Å². The van der Waals surface area contributed by atoms with Gasteiger partial charge in [-0.3, -0.25) is 4.79 Å². The molecule has 6 heteroatoms. The molecule has 0 radical (unpaired) electrons. The molecule has 1 amide bonds. The van der Waals surface area contributed by atoms with Crippen molar-refractivity contribution in [3.8, 4) is 11.8 Å². The van der Waals surface area contributed by atoms with Crippen molar-refractivity contribution in [1.29, 1.82) is 5.26 Å². The Hall–Kier alpha value is -3.59. The van der Waals surface area contributed by atoms with Gasteiger partial charge in [-0.1, -0.05) is 18.2 Å². The lowest BCUT2D eigenvalue weighted by molar-refractivity contribution is -0.112. The molecule has 0 unspecified atom stereocenters. The molecule has 126 valence electrons. The van der Waals surface area contributed by atoms with Crippen LogP contribution in [-0.2, 0) is 9.53 Å². The fourth-order valence-corrected chi connectivity index (χ4v) is 2.10. The van der Waals surface area contributed by atoms with E-state index < -0.39 is 11.9 Å². The monoisotopic (exact) mass is 336 g/mol. The molecular weight excluding hydrogens is 320 g/mol. The Balaban J connectivity index is 2.26. The van der Waals surface area contributed by atoms with Crippen molar-refractivity contribution in [2.24, 2.45) is 0 Å². The van der Waals surface area contributed by atoms with Gasteiger partial charge < -0.3 is 14.8 Å². The molecule has 0 spiro atoms. The standard InChI is InChI=1S/C19H16N2O4/c1-24-16-9-7-15(8-10-16)21-18(22)14(12-20)11-13-5-3-4-6-17(13)19(23)25-2/h3-11H,1-2H3,(H,21,22)/b14-11+. The number of rotatable bonds is 5. The molecule has 0 aliphatic heterocycles. The first-order valence-corrected chi connectivity index (χ1v) is 7.33. The Kier molecular flexibility index (Phi) is 5.91. The molecule has 0 fully saturated rings. The summed E-state index contributed by atoms with van der Waals surface area (Å²) < 4.78 is 9.75. The Bertz CT molecular complexity index is 848. The maximum absolute atomic E-state index is 12.3. The lowest BCUT2D eigenvalue weighted by atomic mass is 10.0. The van der Waals surface area contributed by atoms with Crippen LogP contribution in [0.3, 0.4) is 0 Å². The van der Waals surface area contributed by atoms with Gasteiger partial charge in [0.2, 0.25) is 0 Å². The average molecular weight is 336 g/mol. The summed E-state index contributed by atoms with van der Waals surface area (Å²) >= 11 is 0. The van der Waals surface area contributed by atoms with Gasteiger partial charge in [-0.15, -0.1) is 0 Å². The molecule has 6 nitrogen and oxygen atoms in total. The topological polar surface area (TPSA) is 88.4 Å². The van der Waals surface area contributed by atoms with Crippen LogP contribution in [-0.4, -0.2) is 26.1 Å². The predicted octanol–water partition coefficient (Wildman–Crippen LogP) is 3.03. The summed E-state index contributed by atoms with van der Waals surface area (Å²) in [7, 11) is 2.81. The van der Waals surface area contributed by atoms with Gasteiger partial charge in [0, 0.05) is 5.69 Å². The zero-order valence-corrected chi connectivity index (χ0v) is 13.8. The zero-order valence-electron chi connectivity index (χ0n) is 13.8. The van der Waals surface area contributed by atoms with E-state index in [9.17, 15) is 14.9 Å². The second-order valence-electron chi connectivity index (χ2n) is 4.93. The summed E-state index contributed by atoms with van der Waals surface area (Å²) in [5.74, 6) is -0.465. The fraction of sp³-hybridized carbons (Fsp3) is 0.105. The maximum atomic E-state index is 12.3. The van der Waals surface area contributed by atoms with Gasteiger partial charge in [-0.05, 0) is 42.0 Å². The third-order valence-electron chi connectivity index (χ3n) is 3.38. The van der Waals surface area contributed by atoms with E-state index in [-0.39, 0.29) is 11.1 Å². The number of hydrogen-bond acceptors (Lipinski definition) is 5. The van der Waals surface area contributed by atoms with Crippen LogP contribution in [0, 0.1) is 11.3 Å². The van der Waals surface area contributed by atoms with Crippen LogP contribution in [0.25, 0.3) is 6.08 Å². The third-order valence-corrected chi connectivity index (χ3v) is 3.38. The Morgan fingerprint density at radius 2 is 1.76 bits per heavy atom. The number of nitrogens with one attached hydrogen (secondary N) is 1. The fourth-order valence-electron chi connectivity index (χ4n) is 2.10. The molecule has 1 N–H and O–H groups in total. The van der Waals surface area contributed by atoms with Crippen LogP contribution in [0.1, 0.15) is 15.9 Å². The molecule has 0 heterocycles. The van der Waals surface area contributed by atoms with E-state index in [1.165, 1.54) is 13.2 Å². The van der Waals surface area contributed by atoms with Gasteiger partial charge in [0.1, 0.15) is 17.4 Å². The van der Waals surface area contributed by atoms with Crippen molar-refractivity contribution in [2.45, 2.75) is 0 Å². The van der Waals surface area contributed by atoms with E-state index in [1.807, 2.05) is 6.07 Å². The SMILES string of the molecule is COC(=O)c1ccccc1/C=C(\C#N)C(=O)Nc1ccc(OC)cc1. The molecule has 2 rings (SSSR count). The van der Waals surface area contributed by atoms with Gasteiger partial charge >= 0.3 is 5.97 Å². The summed E-state index contributed by atoms with van der Waals surface area (Å²) in [6.07, 6.45) is 1.35. The molecule has 2 aromatic rings. The van der Waals surface area contributed by atoms with Gasteiger partial charge in [-0.2, -0.15) is 5.26 Å². The highest BCUT2D eigenvalue weighted by Gasteiger charge is 2.14. The van der Waals surface area contributed by atoms with Crippen LogP contribution in [0.2, 0.25) is 0 Å². The highest BCUT2D eigenvalue weighted by molar-refractivity contribution is 6.10. The number of anilines is 1. The Morgan fingerprint density at radius 1 is 1.08 bits per heavy atom. The number of carbonyl (C=O) groups is 2. The third kappa shape index (κ3) is 4.45. The molecular formula is C19H16N2O4. The van der Waals surface area contributed by atoms with E-state index in [4.69, 9.17) is 9.47 Å². The number of nitriles is 1. The minimum absolute atomic E-state index is 0.132. The summed E-state index contributed by atoms with van der Waals surface area (Å²) in [5.41, 5.74) is 1.09. The van der Waals surface area contributed by atoms with Crippen LogP contribution < -0.4 is 10.1 Å². The number of methoxy groups -OCH3 is 2. The quantitative estimate of drug-likeness (QED) is 0.515. The number of benzene rings is 2. The van der Waals surface area contributed by atoms with Gasteiger partial charge in [0.15, 0.2) is 0 Å². The maximum Gasteiger partial charge on any atom is 0.338 e. The summed E-state index contributed by atoms with van der Waals surface area (Å²) in [5, 5.41) is 11.9. The first-order valence-electron chi connectivity index (χ1n) is 7.33. The molecule has 0 saturated carbocycles. The van der Waals surface area contributed by atoms with Gasteiger partial charge in [-0.25, -0.2) is 4.79 Å². The number of hydrogen-bond donors (Lipinski definition) is 1. The normalized spacial score (nSPS) is 10.5. The number of esters is 1. The van der Waals surface area contributed by atoms with E-state index in [2.05, 4.69) is 5.32 Å². The smallest absolute Gasteiger partial charge is 0.338 e. The number of nitrogens with zero attached hydrogens (tertiary/aromatic N) is 1. The number of amides is 1. The van der Waals surface area contributed by atoms with Crippen LogP contribution >= 0.6 is 0 Å². The number of ether oxygens (including phenoxy) is 2. The second kappa shape index (κ2) is 8.31. The van der Waals surface area contributed by atoms with Crippen molar-refractivity contribution in [2.75, 3.05) is 19.5 Å². The van der Waals surface area contributed by atoms with E-state index in [1.54, 1.807) is 55.6 Å². The molecule has 25 heavy (non-hydrogen) atoms. The number of carbonyl (C=O) groups excluding carboxylic acids is 2. The predicted molar refractivity (Wildman–Crippen MR) is 93.0 cm³/mol. The van der Waals surface area contributed by atoms with Crippen molar-refractivity contribution >= 4 is 23.6 Å². The van der Waals surface area contributed by atoms with Crippen LogP contribution in [0.5, 0.6) is 5.75 Å². The van der Waals surface area contributed by atoms with E-state index >= 15 is 0 Å². The summed E-state index contributed by atoms with van der Waals surface area (Å²) in [4.78, 5) is 24.1. The Labute approximate surface area is 145 Å². The van der Waals surface area contributed by atoms with E-state index in [0.717, 1.165) is 0 Å². The lowest BCUT2D eigenvalue weighted by Gasteiger charge is -2.07. The Morgan fingerprint density at radius 3 is 2.36 bits per heavy atom. The second-order valence-corrected chi connectivity index (χ2v) is 4.93. The molecule has 0 aliphatic carbocycles. The lowest BCUT2D eigenvalue weighted by Crippen LogP contribution is -2.13. The molecule has 0 atom stereocenters. The largest absolute Gasteiger partial charge is 0.497 e. The highest BCUT2D eigenvalue weighted by Crippen LogP contribution is 2.18. The summed E-state index contributed by atoms with van der Waals surface area (Å²) in [6.45, 7) is 0. The highest BCUT2D eigenvalue weighted by atomic mass is 16.5. The minimum atomic E-state index is -0.577. The molecule has 0 aromatic heterocycles. The summed E-state index contributed by atoms with van der Waals surface area (Å²) in [6, 6.07) is 15.1. The van der Waals surface area contributed by atoms with E-state index in [0.29, 0.717) is 17.0 Å². The first-order chi connectivity index (χ1) is 12.1. The first kappa shape index (κ1) is 17.8. The van der Waals surface area contributed by atoms with Crippen molar-refractivity contribution < 1.29 is 19.1 Å². The van der Waals surface area contributed by atoms with Crippen molar-refractivity contribution in [3.63, 3.8) is 0 Å². The van der Waals surface area contributed by atoms with Crippen LogP contribution in [0.4, 0.5) is 5.69 Å². The average Bonchev–Trinajstić information content (AvgIpc) is 2.66. The van der Waals surface area contributed by atoms with Gasteiger partial charge in [0.25, 0.3) is 5.91 Å². The molecule has 2 aromatic carbocycles. The molecule has 0 bridgehead atoms. The molecule has 0 aliphatic rings. The molecule has 0 saturated heterocycles. The minimum Gasteiger partial charge on any atom is -0.497 e. The van der Waals surface area contributed by atoms with Gasteiger partial charge in [0.05, 0.1) is 19.8 Å². The zero-order chi connectivity index (χ0) is 18.2. The van der Waals surface area contributed by atoms with Crippen molar-refractivity contribution in [3.05, 3.63) is 65.2 Å².